The van der Waals surface area contributed by atoms with Gasteiger partial charge in [0.25, 0.3) is 0 Å². The fraction of sp³-hybridized carbons (Fsp3) is 0.500. The van der Waals surface area contributed by atoms with Crippen LogP contribution in [0.1, 0.15) is 6.92 Å². The number of aliphatic hydroxyl groups is 1. The Labute approximate surface area is 75.9 Å². The summed E-state index contributed by atoms with van der Waals surface area (Å²) in [6, 6.07) is 0. The molecule has 0 aromatic carbocycles. The van der Waals surface area contributed by atoms with Crippen LogP contribution in [0.4, 0.5) is 0 Å². The van der Waals surface area contributed by atoms with Gasteiger partial charge in [0, 0.05) is 6.08 Å². The lowest BCUT2D eigenvalue weighted by Crippen LogP contribution is -2.26. The van der Waals surface area contributed by atoms with Crippen molar-refractivity contribution in [3.8, 4) is 0 Å². The standard InChI is InChI=1S/C8H12O5/c1-3-7(10)13-6(2)8(11)12-5-4-9/h3,6,9H,1,4-5H2,2H3. The summed E-state index contributed by atoms with van der Waals surface area (Å²) >= 11 is 0. The largest absolute Gasteiger partial charge is 0.461 e. The highest BCUT2D eigenvalue weighted by Crippen LogP contribution is 1.95. The van der Waals surface area contributed by atoms with E-state index in [9.17, 15) is 9.59 Å². The lowest BCUT2D eigenvalue weighted by atomic mass is 10.4. The van der Waals surface area contributed by atoms with Crippen molar-refractivity contribution < 1.29 is 24.2 Å². The fourth-order valence-corrected chi connectivity index (χ4v) is 0.534. The molecule has 1 N–H and O–H groups in total. The van der Waals surface area contributed by atoms with E-state index in [-0.39, 0.29) is 13.2 Å². The molecule has 0 aliphatic carbocycles. The maximum atomic E-state index is 10.9. The Bertz CT molecular complexity index is 199. The molecule has 0 spiro atoms. The molecule has 5 heteroatoms. The number of hydrogen-bond donors (Lipinski definition) is 1. The number of aliphatic hydroxyl groups excluding tert-OH is 1. The number of ether oxygens (including phenoxy) is 2. The van der Waals surface area contributed by atoms with Gasteiger partial charge >= 0.3 is 11.9 Å². The molecule has 13 heavy (non-hydrogen) atoms. The lowest BCUT2D eigenvalue weighted by Gasteiger charge is -2.10. The van der Waals surface area contributed by atoms with Crippen molar-refractivity contribution in [2.75, 3.05) is 13.2 Å². The van der Waals surface area contributed by atoms with Crippen LogP contribution in [0.2, 0.25) is 0 Å². The third-order valence-corrected chi connectivity index (χ3v) is 1.13. The zero-order valence-corrected chi connectivity index (χ0v) is 7.36. The molecule has 0 bridgehead atoms. The summed E-state index contributed by atoms with van der Waals surface area (Å²) in [5.74, 6) is -1.38. The summed E-state index contributed by atoms with van der Waals surface area (Å²) in [6.45, 7) is 4.19. The van der Waals surface area contributed by atoms with E-state index in [0.29, 0.717) is 0 Å². The van der Waals surface area contributed by atoms with Crippen molar-refractivity contribution in [1.82, 2.24) is 0 Å². The quantitative estimate of drug-likeness (QED) is 0.471. The first kappa shape index (κ1) is 11.6. The summed E-state index contributed by atoms with van der Waals surface area (Å²) < 4.78 is 9.04. The Hall–Kier alpha value is -1.36. The van der Waals surface area contributed by atoms with Crippen molar-refractivity contribution in [2.45, 2.75) is 13.0 Å². The van der Waals surface area contributed by atoms with E-state index in [4.69, 9.17) is 5.11 Å². The molecule has 0 aliphatic rings. The van der Waals surface area contributed by atoms with Gasteiger partial charge in [-0.25, -0.2) is 9.59 Å². The van der Waals surface area contributed by atoms with Gasteiger partial charge in [0.15, 0.2) is 6.10 Å². The molecule has 0 aliphatic heterocycles. The second kappa shape index (κ2) is 6.19. The molecule has 0 saturated heterocycles. The molecule has 1 unspecified atom stereocenters. The van der Waals surface area contributed by atoms with Gasteiger partial charge in [-0.05, 0) is 6.92 Å². The summed E-state index contributed by atoms with van der Waals surface area (Å²) in [6.07, 6.45) is -0.0208. The number of carbonyl (C=O) groups is 2. The van der Waals surface area contributed by atoms with E-state index >= 15 is 0 Å². The molecular formula is C8H12O5. The molecule has 0 saturated carbocycles. The molecule has 0 aromatic rings. The van der Waals surface area contributed by atoms with Crippen LogP contribution >= 0.6 is 0 Å². The summed E-state index contributed by atoms with van der Waals surface area (Å²) in [4.78, 5) is 21.5. The van der Waals surface area contributed by atoms with Gasteiger partial charge < -0.3 is 14.6 Å². The second-order valence-electron chi connectivity index (χ2n) is 2.17. The Morgan fingerprint density at radius 2 is 2.23 bits per heavy atom. The van der Waals surface area contributed by atoms with Crippen molar-refractivity contribution in [2.24, 2.45) is 0 Å². The normalized spacial score (nSPS) is 11.5. The number of carbonyl (C=O) groups excluding carboxylic acids is 2. The van der Waals surface area contributed by atoms with Crippen LogP contribution in [-0.4, -0.2) is 36.4 Å². The van der Waals surface area contributed by atoms with Crippen LogP contribution < -0.4 is 0 Å². The number of esters is 2. The highest BCUT2D eigenvalue weighted by atomic mass is 16.6. The molecule has 0 amide bonds. The van der Waals surface area contributed by atoms with Crippen LogP contribution in [-0.2, 0) is 19.1 Å². The highest BCUT2D eigenvalue weighted by Gasteiger charge is 2.17. The number of hydrogen-bond acceptors (Lipinski definition) is 5. The zero-order chi connectivity index (χ0) is 10.3. The molecule has 0 fully saturated rings. The van der Waals surface area contributed by atoms with E-state index in [1.54, 1.807) is 0 Å². The first-order valence-corrected chi connectivity index (χ1v) is 3.72. The van der Waals surface area contributed by atoms with Gasteiger partial charge in [-0.3, -0.25) is 0 Å². The molecule has 0 radical (unpaired) electrons. The molecular weight excluding hydrogens is 176 g/mol. The number of rotatable bonds is 5. The van der Waals surface area contributed by atoms with Crippen molar-refractivity contribution >= 4 is 11.9 Å². The predicted molar refractivity (Wildman–Crippen MR) is 43.8 cm³/mol. The minimum Gasteiger partial charge on any atom is -0.461 e. The van der Waals surface area contributed by atoms with Crippen LogP contribution in [0.3, 0.4) is 0 Å². The summed E-state index contributed by atoms with van der Waals surface area (Å²) in [5, 5.41) is 8.32. The van der Waals surface area contributed by atoms with Crippen molar-refractivity contribution in [3.05, 3.63) is 12.7 Å². The molecule has 74 valence electrons. The van der Waals surface area contributed by atoms with E-state index in [1.807, 2.05) is 0 Å². The van der Waals surface area contributed by atoms with E-state index in [2.05, 4.69) is 16.1 Å². The Kier molecular flexibility index (Phi) is 5.54. The van der Waals surface area contributed by atoms with Gasteiger partial charge in [0.1, 0.15) is 6.61 Å². The first-order valence-electron chi connectivity index (χ1n) is 3.72. The predicted octanol–water partition coefficient (Wildman–Crippen LogP) is -0.360. The minimum atomic E-state index is -0.975. The Morgan fingerprint density at radius 3 is 2.69 bits per heavy atom. The topological polar surface area (TPSA) is 72.8 Å². The zero-order valence-electron chi connectivity index (χ0n) is 7.36. The molecule has 0 heterocycles. The van der Waals surface area contributed by atoms with Crippen molar-refractivity contribution in [3.63, 3.8) is 0 Å². The molecule has 5 nitrogen and oxygen atoms in total. The minimum absolute atomic E-state index is 0.102. The smallest absolute Gasteiger partial charge is 0.347 e. The second-order valence-corrected chi connectivity index (χ2v) is 2.17. The van der Waals surface area contributed by atoms with E-state index in [0.717, 1.165) is 6.08 Å². The monoisotopic (exact) mass is 188 g/mol. The molecule has 0 aromatic heterocycles. The van der Waals surface area contributed by atoms with Gasteiger partial charge in [-0.15, -0.1) is 0 Å². The van der Waals surface area contributed by atoms with Crippen LogP contribution in [0.5, 0.6) is 0 Å². The summed E-state index contributed by atoms with van der Waals surface area (Å²) in [5.41, 5.74) is 0. The third-order valence-electron chi connectivity index (χ3n) is 1.13. The van der Waals surface area contributed by atoms with Crippen LogP contribution in [0, 0.1) is 0 Å². The maximum Gasteiger partial charge on any atom is 0.347 e. The van der Waals surface area contributed by atoms with Crippen LogP contribution in [0.15, 0.2) is 12.7 Å². The lowest BCUT2D eigenvalue weighted by molar-refractivity contribution is -0.164. The van der Waals surface area contributed by atoms with E-state index < -0.39 is 18.0 Å². The SMILES string of the molecule is C=CC(=O)OC(C)C(=O)OCCO. The molecule has 1 atom stereocenters. The average Bonchev–Trinajstić information content (AvgIpc) is 2.13. The Balaban J connectivity index is 3.81. The Morgan fingerprint density at radius 1 is 1.62 bits per heavy atom. The molecule has 0 rings (SSSR count). The van der Waals surface area contributed by atoms with Crippen molar-refractivity contribution in [1.29, 1.82) is 0 Å². The van der Waals surface area contributed by atoms with Gasteiger partial charge in [-0.2, -0.15) is 0 Å². The van der Waals surface area contributed by atoms with Gasteiger partial charge in [-0.1, -0.05) is 6.58 Å². The van der Waals surface area contributed by atoms with Crippen LogP contribution in [0.25, 0.3) is 0 Å². The highest BCUT2D eigenvalue weighted by molar-refractivity contribution is 5.84. The van der Waals surface area contributed by atoms with Gasteiger partial charge in [0.2, 0.25) is 0 Å². The van der Waals surface area contributed by atoms with Gasteiger partial charge in [0.05, 0.1) is 6.61 Å². The summed E-state index contributed by atoms with van der Waals surface area (Å²) in [7, 11) is 0. The average molecular weight is 188 g/mol. The fourth-order valence-electron chi connectivity index (χ4n) is 0.534. The van der Waals surface area contributed by atoms with E-state index in [1.165, 1.54) is 6.92 Å². The first-order chi connectivity index (χ1) is 6.11. The maximum absolute atomic E-state index is 10.9. The third kappa shape index (κ3) is 4.97.